The summed E-state index contributed by atoms with van der Waals surface area (Å²) in [5, 5.41) is 0.312. The summed E-state index contributed by atoms with van der Waals surface area (Å²) in [5.74, 6) is -0.612. The van der Waals surface area contributed by atoms with Gasteiger partial charge in [0.25, 0.3) is 5.91 Å². The van der Waals surface area contributed by atoms with Crippen molar-refractivity contribution in [1.29, 1.82) is 0 Å². The Morgan fingerprint density at radius 3 is 2.73 bits per heavy atom. The number of aromatic nitrogens is 2. The van der Waals surface area contributed by atoms with Crippen LogP contribution in [0.3, 0.4) is 0 Å². The van der Waals surface area contributed by atoms with Crippen LogP contribution in [0.2, 0.25) is 10.2 Å². The number of amides is 3. The number of carbonyl (C=O) groups is 3. The van der Waals surface area contributed by atoms with Crippen LogP contribution in [0.4, 0.5) is 16.2 Å². The second-order valence-electron chi connectivity index (χ2n) is 7.26. The van der Waals surface area contributed by atoms with Gasteiger partial charge >= 0.3 is 12.0 Å². The van der Waals surface area contributed by atoms with Crippen LogP contribution in [0.5, 0.6) is 5.88 Å². The quantitative estimate of drug-likeness (QED) is 0.449. The molecular formula is C21H21Cl2N5O5. The molecular weight excluding hydrogens is 473 g/mol. The molecule has 1 saturated heterocycles. The number of ether oxygens (including phenoxy) is 2. The minimum atomic E-state index is -0.403. The van der Waals surface area contributed by atoms with E-state index in [2.05, 4.69) is 9.97 Å². The van der Waals surface area contributed by atoms with Gasteiger partial charge in [-0.3, -0.25) is 14.5 Å². The molecule has 3 amide bonds. The molecule has 1 aromatic carbocycles. The fourth-order valence-electron chi connectivity index (χ4n) is 3.71. The summed E-state index contributed by atoms with van der Waals surface area (Å²) in [6.45, 7) is 3.67. The largest absolute Gasteiger partial charge is 0.475 e. The first-order chi connectivity index (χ1) is 15.9. The van der Waals surface area contributed by atoms with Crippen molar-refractivity contribution in [2.75, 3.05) is 49.2 Å². The molecule has 0 N–H and O–H groups in total. The second kappa shape index (κ2) is 9.80. The lowest BCUT2D eigenvalue weighted by Gasteiger charge is -2.23. The Bertz CT molecular complexity index is 1100. The van der Waals surface area contributed by atoms with Gasteiger partial charge in [-0.05, 0) is 25.1 Å². The Morgan fingerprint density at radius 1 is 1.15 bits per heavy atom. The minimum Gasteiger partial charge on any atom is -0.475 e. The van der Waals surface area contributed by atoms with E-state index in [1.807, 2.05) is 0 Å². The van der Waals surface area contributed by atoms with E-state index in [0.29, 0.717) is 36.1 Å². The number of carbonyl (C=O) groups excluding carboxylic acids is 3. The van der Waals surface area contributed by atoms with Crippen LogP contribution in [0.15, 0.2) is 24.5 Å². The summed E-state index contributed by atoms with van der Waals surface area (Å²) in [4.78, 5) is 50.0. The van der Waals surface area contributed by atoms with Crippen LogP contribution in [-0.2, 0) is 9.53 Å². The zero-order valence-corrected chi connectivity index (χ0v) is 19.3. The standard InChI is InChI=1S/C21H21Cl2N5O5/c1-2-32-16(29)5-6-26-7-8-28(21(26)31)15-4-3-13(11-14(15)22)27-9-10-33-19-17(20(27)30)18(23)24-12-25-19/h3-4,11-12H,2,5-10H2,1H3. The molecule has 2 aromatic rings. The highest BCUT2D eigenvalue weighted by molar-refractivity contribution is 6.35. The molecule has 2 aliphatic rings. The summed E-state index contributed by atoms with van der Waals surface area (Å²) in [6.07, 6.45) is 1.37. The lowest BCUT2D eigenvalue weighted by Crippen LogP contribution is -2.34. The molecule has 1 aromatic heterocycles. The SMILES string of the molecule is CCOC(=O)CCN1CCN(c2ccc(N3CCOc4ncnc(Cl)c4C3=O)cc2Cl)C1=O. The highest BCUT2D eigenvalue weighted by atomic mass is 35.5. The maximum Gasteiger partial charge on any atom is 0.324 e. The van der Waals surface area contributed by atoms with Crippen molar-refractivity contribution in [1.82, 2.24) is 14.9 Å². The molecule has 1 fully saturated rings. The van der Waals surface area contributed by atoms with Crippen molar-refractivity contribution in [3.63, 3.8) is 0 Å². The molecule has 4 rings (SSSR count). The molecule has 3 heterocycles. The average Bonchev–Trinajstić information content (AvgIpc) is 3.05. The number of nitrogens with zero attached hydrogens (tertiary/aromatic N) is 5. The topological polar surface area (TPSA) is 105 Å². The van der Waals surface area contributed by atoms with Crippen molar-refractivity contribution in [3.8, 4) is 5.88 Å². The van der Waals surface area contributed by atoms with E-state index < -0.39 is 5.91 Å². The molecule has 10 nitrogen and oxygen atoms in total. The van der Waals surface area contributed by atoms with Crippen LogP contribution >= 0.6 is 23.2 Å². The molecule has 0 bridgehead atoms. The van der Waals surface area contributed by atoms with Gasteiger partial charge in [0.2, 0.25) is 5.88 Å². The van der Waals surface area contributed by atoms with E-state index in [-0.39, 0.29) is 54.7 Å². The van der Waals surface area contributed by atoms with Gasteiger partial charge in [-0.25, -0.2) is 14.8 Å². The number of benzene rings is 1. The number of fused-ring (bicyclic) bond motifs is 1. The highest BCUT2D eigenvalue weighted by Crippen LogP contribution is 2.35. The first kappa shape index (κ1) is 23.1. The lowest BCUT2D eigenvalue weighted by atomic mass is 10.2. The minimum absolute atomic E-state index is 0.00481. The van der Waals surface area contributed by atoms with Crippen molar-refractivity contribution in [2.45, 2.75) is 13.3 Å². The number of esters is 1. The Morgan fingerprint density at radius 2 is 1.97 bits per heavy atom. The maximum absolute atomic E-state index is 13.1. The molecule has 2 aliphatic heterocycles. The molecule has 12 heteroatoms. The molecule has 0 aliphatic carbocycles. The molecule has 0 saturated carbocycles. The Balaban J connectivity index is 1.51. The number of anilines is 2. The molecule has 0 spiro atoms. The van der Waals surface area contributed by atoms with E-state index in [0.717, 1.165) is 0 Å². The van der Waals surface area contributed by atoms with Gasteiger partial charge in [-0.2, -0.15) is 0 Å². The smallest absolute Gasteiger partial charge is 0.324 e. The van der Waals surface area contributed by atoms with Crippen LogP contribution in [0.25, 0.3) is 0 Å². The van der Waals surface area contributed by atoms with Gasteiger partial charge in [0.1, 0.15) is 23.7 Å². The van der Waals surface area contributed by atoms with Crippen LogP contribution < -0.4 is 14.5 Å². The predicted octanol–water partition coefficient (Wildman–Crippen LogP) is 3.02. The Labute approximate surface area is 200 Å². The Kier molecular flexibility index (Phi) is 6.85. The van der Waals surface area contributed by atoms with E-state index in [1.54, 1.807) is 34.9 Å². The molecule has 174 valence electrons. The first-order valence-corrected chi connectivity index (χ1v) is 11.1. The summed E-state index contributed by atoms with van der Waals surface area (Å²) < 4.78 is 10.5. The average molecular weight is 494 g/mol. The summed E-state index contributed by atoms with van der Waals surface area (Å²) in [7, 11) is 0. The lowest BCUT2D eigenvalue weighted by molar-refractivity contribution is -0.143. The Hall–Kier alpha value is -3.11. The van der Waals surface area contributed by atoms with Gasteiger partial charge in [-0.1, -0.05) is 23.2 Å². The number of halogens is 2. The summed E-state index contributed by atoms with van der Waals surface area (Å²) in [5.41, 5.74) is 1.13. The molecule has 0 atom stereocenters. The fourth-order valence-corrected chi connectivity index (χ4v) is 4.19. The van der Waals surface area contributed by atoms with Crippen molar-refractivity contribution >= 4 is 52.5 Å². The van der Waals surface area contributed by atoms with Crippen LogP contribution in [-0.4, -0.2) is 72.2 Å². The van der Waals surface area contributed by atoms with E-state index in [9.17, 15) is 14.4 Å². The highest BCUT2D eigenvalue weighted by Gasteiger charge is 2.32. The van der Waals surface area contributed by atoms with E-state index in [4.69, 9.17) is 32.7 Å². The molecule has 0 unspecified atom stereocenters. The molecule has 0 radical (unpaired) electrons. The van der Waals surface area contributed by atoms with Gasteiger partial charge in [0.05, 0.1) is 30.3 Å². The third-order valence-electron chi connectivity index (χ3n) is 5.30. The number of rotatable bonds is 6. The number of urea groups is 1. The third-order valence-corrected chi connectivity index (χ3v) is 5.89. The molecule has 33 heavy (non-hydrogen) atoms. The number of hydrogen-bond donors (Lipinski definition) is 0. The van der Waals surface area contributed by atoms with Gasteiger partial charge in [-0.15, -0.1) is 0 Å². The summed E-state index contributed by atoms with van der Waals surface area (Å²) in [6, 6.07) is 4.77. The van der Waals surface area contributed by atoms with E-state index in [1.165, 1.54) is 11.2 Å². The van der Waals surface area contributed by atoms with Crippen molar-refractivity contribution < 1.29 is 23.9 Å². The zero-order valence-electron chi connectivity index (χ0n) is 17.8. The van der Waals surface area contributed by atoms with Gasteiger partial charge in [0.15, 0.2) is 0 Å². The summed E-state index contributed by atoms with van der Waals surface area (Å²) >= 11 is 12.6. The van der Waals surface area contributed by atoms with Gasteiger partial charge in [0, 0.05) is 25.3 Å². The first-order valence-electron chi connectivity index (χ1n) is 10.4. The number of hydrogen-bond acceptors (Lipinski definition) is 7. The predicted molar refractivity (Wildman–Crippen MR) is 121 cm³/mol. The normalized spacial score (nSPS) is 15.9. The van der Waals surface area contributed by atoms with Crippen LogP contribution in [0, 0.1) is 0 Å². The second-order valence-corrected chi connectivity index (χ2v) is 8.03. The van der Waals surface area contributed by atoms with Gasteiger partial charge < -0.3 is 19.3 Å². The monoisotopic (exact) mass is 493 g/mol. The zero-order chi connectivity index (χ0) is 23.5. The van der Waals surface area contributed by atoms with Crippen molar-refractivity contribution in [2.24, 2.45) is 0 Å². The van der Waals surface area contributed by atoms with Crippen LogP contribution in [0.1, 0.15) is 23.7 Å². The maximum atomic E-state index is 13.1. The van der Waals surface area contributed by atoms with E-state index >= 15 is 0 Å². The third kappa shape index (κ3) is 4.67. The fraction of sp³-hybridized carbons (Fsp3) is 0.381. The van der Waals surface area contributed by atoms with Crippen molar-refractivity contribution in [3.05, 3.63) is 40.3 Å².